The van der Waals surface area contributed by atoms with Crippen LogP contribution in [-0.4, -0.2) is 12.6 Å². The van der Waals surface area contributed by atoms with Crippen LogP contribution in [0.4, 0.5) is 0 Å². The maximum absolute atomic E-state index is 11.2. The number of allylic oxidation sites excluding steroid dienone is 4. The van der Waals surface area contributed by atoms with Gasteiger partial charge in [0.2, 0.25) is 0 Å². The minimum absolute atomic E-state index is 0.0556. The molecule has 1 aliphatic carbocycles. The summed E-state index contributed by atoms with van der Waals surface area (Å²) < 4.78 is 4.91. The third kappa shape index (κ3) is 1.97. The second-order valence-corrected chi connectivity index (χ2v) is 2.89. The minimum Gasteiger partial charge on any atom is -0.466 e. The Labute approximate surface area is 72.9 Å². The van der Waals surface area contributed by atoms with Gasteiger partial charge < -0.3 is 4.74 Å². The molecule has 0 aromatic carbocycles. The summed E-state index contributed by atoms with van der Waals surface area (Å²) in [7, 11) is 0. The number of carbonyl (C=O) groups excluding carboxylic acids is 1. The minimum atomic E-state index is -0.112. The number of hydrogen-bond donors (Lipinski definition) is 0. The third-order valence-electron chi connectivity index (χ3n) is 2.01. The topological polar surface area (TPSA) is 26.3 Å². The summed E-state index contributed by atoms with van der Waals surface area (Å²) in [5.41, 5.74) is 0. The van der Waals surface area contributed by atoms with Gasteiger partial charge in [-0.2, -0.15) is 0 Å². The smallest absolute Gasteiger partial charge is 0.309 e. The molecule has 0 saturated carbocycles. The van der Waals surface area contributed by atoms with Crippen LogP contribution in [-0.2, 0) is 9.53 Å². The van der Waals surface area contributed by atoms with E-state index in [-0.39, 0.29) is 17.8 Å². The van der Waals surface area contributed by atoms with E-state index in [1.54, 1.807) is 0 Å². The van der Waals surface area contributed by atoms with Crippen LogP contribution < -0.4 is 0 Å². The summed E-state index contributed by atoms with van der Waals surface area (Å²) >= 11 is 0. The van der Waals surface area contributed by atoms with Gasteiger partial charge in [-0.25, -0.2) is 0 Å². The molecule has 0 saturated heterocycles. The highest BCUT2D eigenvalue weighted by atomic mass is 16.5. The van der Waals surface area contributed by atoms with Crippen molar-refractivity contribution in [2.45, 2.75) is 13.8 Å². The molecular weight excluding hydrogens is 152 g/mol. The monoisotopic (exact) mass is 166 g/mol. The van der Waals surface area contributed by atoms with E-state index in [2.05, 4.69) is 0 Å². The average Bonchev–Trinajstić information content (AvgIpc) is 2.55. The Morgan fingerprint density at radius 3 is 2.58 bits per heavy atom. The lowest BCUT2D eigenvalue weighted by Crippen LogP contribution is -2.20. The van der Waals surface area contributed by atoms with Crippen LogP contribution in [0, 0.1) is 11.8 Å². The summed E-state index contributed by atoms with van der Waals surface area (Å²) in [5, 5.41) is 0. The first-order valence-corrected chi connectivity index (χ1v) is 4.27. The lowest BCUT2D eigenvalue weighted by atomic mass is 9.96. The molecule has 0 aromatic heterocycles. The molecule has 0 radical (unpaired) electrons. The lowest BCUT2D eigenvalue weighted by molar-refractivity contribution is -0.148. The van der Waals surface area contributed by atoms with Gasteiger partial charge in [0.05, 0.1) is 12.5 Å². The zero-order valence-electron chi connectivity index (χ0n) is 7.49. The molecule has 2 nitrogen and oxygen atoms in total. The SMILES string of the molecule is CCOC(=O)C(C)C1C=CC=C1. The predicted octanol–water partition coefficient (Wildman–Crippen LogP) is 1.93. The maximum atomic E-state index is 11.2. The number of rotatable bonds is 3. The lowest BCUT2D eigenvalue weighted by Gasteiger charge is -2.13. The van der Waals surface area contributed by atoms with Crippen LogP contribution in [0.15, 0.2) is 24.3 Å². The van der Waals surface area contributed by atoms with Crippen molar-refractivity contribution in [1.82, 2.24) is 0 Å². The number of hydrogen-bond acceptors (Lipinski definition) is 2. The summed E-state index contributed by atoms with van der Waals surface area (Å²) in [4.78, 5) is 11.2. The van der Waals surface area contributed by atoms with Gasteiger partial charge in [0.25, 0.3) is 0 Å². The Balaban J connectivity index is 2.46. The van der Waals surface area contributed by atoms with Crippen molar-refractivity contribution in [3.63, 3.8) is 0 Å². The molecule has 1 rings (SSSR count). The van der Waals surface area contributed by atoms with Gasteiger partial charge in [-0.3, -0.25) is 4.79 Å². The molecule has 0 amide bonds. The number of carbonyl (C=O) groups is 1. The first kappa shape index (κ1) is 9.04. The van der Waals surface area contributed by atoms with E-state index in [0.29, 0.717) is 6.61 Å². The number of ether oxygens (including phenoxy) is 1. The van der Waals surface area contributed by atoms with Crippen molar-refractivity contribution in [2.24, 2.45) is 11.8 Å². The molecule has 0 N–H and O–H groups in total. The van der Waals surface area contributed by atoms with Crippen LogP contribution >= 0.6 is 0 Å². The summed E-state index contributed by atoms with van der Waals surface area (Å²) in [6, 6.07) is 0. The Morgan fingerprint density at radius 1 is 1.50 bits per heavy atom. The summed E-state index contributed by atoms with van der Waals surface area (Å²) in [6.45, 7) is 4.18. The van der Waals surface area contributed by atoms with E-state index in [0.717, 1.165) is 0 Å². The highest BCUT2D eigenvalue weighted by Crippen LogP contribution is 2.20. The molecule has 0 heterocycles. The molecule has 0 bridgehead atoms. The number of esters is 1. The predicted molar refractivity (Wildman–Crippen MR) is 47.6 cm³/mol. The second kappa shape index (κ2) is 4.10. The molecular formula is C10H14O2. The van der Waals surface area contributed by atoms with Crippen LogP contribution in [0.2, 0.25) is 0 Å². The second-order valence-electron chi connectivity index (χ2n) is 2.89. The van der Waals surface area contributed by atoms with Crippen molar-refractivity contribution in [3.05, 3.63) is 24.3 Å². The van der Waals surface area contributed by atoms with Crippen LogP contribution in [0.3, 0.4) is 0 Å². The Morgan fingerprint density at radius 2 is 2.08 bits per heavy atom. The van der Waals surface area contributed by atoms with Crippen molar-refractivity contribution in [2.75, 3.05) is 6.61 Å². The van der Waals surface area contributed by atoms with Gasteiger partial charge in [0.1, 0.15) is 0 Å². The van der Waals surface area contributed by atoms with Crippen molar-refractivity contribution < 1.29 is 9.53 Å². The molecule has 0 aliphatic heterocycles. The highest BCUT2D eigenvalue weighted by Gasteiger charge is 2.21. The van der Waals surface area contributed by atoms with Crippen LogP contribution in [0.1, 0.15) is 13.8 Å². The molecule has 1 aliphatic rings. The zero-order valence-corrected chi connectivity index (χ0v) is 7.49. The first-order chi connectivity index (χ1) is 5.75. The fourth-order valence-electron chi connectivity index (χ4n) is 1.21. The Bertz CT molecular complexity index is 204. The van der Waals surface area contributed by atoms with Crippen molar-refractivity contribution in [1.29, 1.82) is 0 Å². The van der Waals surface area contributed by atoms with E-state index in [1.807, 2.05) is 38.2 Å². The first-order valence-electron chi connectivity index (χ1n) is 4.27. The van der Waals surface area contributed by atoms with Gasteiger partial charge in [-0.1, -0.05) is 31.2 Å². The fraction of sp³-hybridized carbons (Fsp3) is 0.500. The molecule has 66 valence electrons. The molecule has 2 heteroatoms. The fourth-order valence-corrected chi connectivity index (χ4v) is 1.21. The molecule has 0 fully saturated rings. The third-order valence-corrected chi connectivity index (χ3v) is 2.01. The summed E-state index contributed by atoms with van der Waals surface area (Å²) in [6.07, 6.45) is 7.95. The van der Waals surface area contributed by atoms with E-state index in [1.165, 1.54) is 0 Å². The normalized spacial score (nSPS) is 18.2. The van der Waals surface area contributed by atoms with E-state index in [9.17, 15) is 4.79 Å². The van der Waals surface area contributed by atoms with Gasteiger partial charge in [0.15, 0.2) is 0 Å². The van der Waals surface area contributed by atoms with E-state index < -0.39 is 0 Å². The highest BCUT2D eigenvalue weighted by molar-refractivity contribution is 5.73. The molecule has 0 aromatic rings. The standard InChI is InChI=1S/C10H14O2/c1-3-12-10(11)8(2)9-6-4-5-7-9/h4-9H,3H2,1-2H3. The molecule has 12 heavy (non-hydrogen) atoms. The van der Waals surface area contributed by atoms with Crippen LogP contribution in [0.25, 0.3) is 0 Å². The van der Waals surface area contributed by atoms with E-state index in [4.69, 9.17) is 4.74 Å². The average molecular weight is 166 g/mol. The Hall–Kier alpha value is -1.05. The van der Waals surface area contributed by atoms with Crippen LogP contribution in [0.5, 0.6) is 0 Å². The zero-order chi connectivity index (χ0) is 8.97. The quantitative estimate of drug-likeness (QED) is 0.599. The van der Waals surface area contributed by atoms with Gasteiger partial charge in [0, 0.05) is 5.92 Å². The largest absolute Gasteiger partial charge is 0.466 e. The van der Waals surface area contributed by atoms with Gasteiger partial charge in [-0.05, 0) is 6.92 Å². The Kier molecular flexibility index (Phi) is 3.09. The van der Waals surface area contributed by atoms with Crippen molar-refractivity contribution in [3.8, 4) is 0 Å². The molecule has 0 spiro atoms. The van der Waals surface area contributed by atoms with Gasteiger partial charge >= 0.3 is 5.97 Å². The summed E-state index contributed by atoms with van der Waals surface area (Å²) in [5.74, 6) is 0.0581. The molecule has 1 unspecified atom stereocenters. The van der Waals surface area contributed by atoms with E-state index >= 15 is 0 Å². The van der Waals surface area contributed by atoms with Crippen molar-refractivity contribution >= 4 is 5.97 Å². The molecule has 1 atom stereocenters. The van der Waals surface area contributed by atoms with Gasteiger partial charge in [-0.15, -0.1) is 0 Å². The maximum Gasteiger partial charge on any atom is 0.309 e.